The highest BCUT2D eigenvalue weighted by atomic mass is 31.2. The molecular formula is C24H32NO3P. The summed E-state index contributed by atoms with van der Waals surface area (Å²) in [5, 5.41) is 2.97. The van der Waals surface area contributed by atoms with Crippen molar-refractivity contribution in [1.29, 1.82) is 0 Å². The minimum atomic E-state index is -2.22. The second-order valence-electron chi connectivity index (χ2n) is 8.64. The van der Waals surface area contributed by atoms with Gasteiger partial charge in [0.2, 0.25) is 5.91 Å². The van der Waals surface area contributed by atoms with Crippen LogP contribution in [0, 0.1) is 13.8 Å². The third kappa shape index (κ3) is 4.28. The van der Waals surface area contributed by atoms with Crippen molar-refractivity contribution in [2.45, 2.75) is 53.4 Å². The molecule has 4 nitrogen and oxygen atoms in total. The smallest absolute Gasteiger partial charge is 0.234 e. The van der Waals surface area contributed by atoms with Gasteiger partial charge in [0.25, 0.3) is 0 Å². The van der Waals surface area contributed by atoms with Crippen LogP contribution >= 0.6 is 7.14 Å². The molecule has 1 N–H and O–H groups in total. The van der Waals surface area contributed by atoms with E-state index in [0.29, 0.717) is 18.7 Å². The molecule has 1 aliphatic heterocycles. The van der Waals surface area contributed by atoms with Gasteiger partial charge in [-0.25, -0.2) is 0 Å². The average Bonchev–Trinajstić information content (AvgIpc) is 2.91. The molecule has 0 atom stereocenters. The Bertz CT molecular complexity index is 963. The number of amides is 1. The van der Waals surface area contributed by atoms with Gasteiger partial charge in [-0.1, -0.05) is 26.0 Å². The van der Waals surface area contributed by atoms with Gasteiger partial charge in [-0.05, 0) is 80.1 Å². The van der Waals surface area contributed by atoms with Gasteiger partial charge >= 0.3 is 0 Å². The van der Waals surface area contributed by atoms with E-state index >= 15 is 0 Å². The van der Waals surface area contributed by atoms with Crippen molar-refractivity contribution in [3.05, 3.63) is 58.1 Å². The number of hydrogen-bond donors (Lipinski definition) is 1. The summed E-state index contributed by atoms with van der Waals surface area (Å²) in [6.45, 7) is 12.0. The standard InChI is InChI=1S/C24H32NO3P/c1-7-29(27,8-2)15-28-19-11-16(3)20(17(4)12-19)13-18-9-10-22-21(14-18)24(5,6)23(26)25-22/h9-12,14H,7-8,13,15H2,1-6H3,(H,25,26). The predicted molar refractivity (Wildman–Crippen MR) is 121 cm³/mol. The molecule has 1 heterocycles. The number of rotatable bonds is 7. The second kappa shape index (κ2) is 7.99. The van der Waals surface area contributed by atoms with E-state index in [4.69, 9.17) is 4.74 Å². The van der Waals surface area contributed by atoms with Crippen LogP contribution in [0.15, 0.2) is 30.3 Å². The summed E-state index contributed by atoms with van der Waals surface area (Å²) in [5.74, 6) is 0.839. The zero-order valence-corrected chi connectivity index (χ0v) is 19.3. The lowest BCUT2D eigenvalue weighted by Crippen LogP contribution is -2.26. The quantitative estimate of drug-likeness (QED) is 0.578. The molecule has 2 aromatic carbocycles. The molecular weight excluding hydrogens is 381 g/mol. The molecule has 5 heteroatoms. The molecule has 0 fully saturated rings. The van der Waals surface area contributed by atoms with Crippen molar-refractivity contribution >= 4 is 18.7 Å². The van der Waals surface area contributed by atoms with Gasteiger partial charge in [0, 0.05) is 18.0 Å². The van der Waals surface area contributed by atoms with E-state index in [1.807, 2.05) is 45.9 Å². The topological polar surface area (TPSA) is 55.4 Å². The Morgan fingerprint density at radius 3 is 2.24 bits per heavy atom. The van der Waals surface area contributed by atoms with Crippen LogP contribution in [0.1, 0.15) is 55.5 Å². The third-order valence-corrected chi connectivity index (χ3v) is 9.15. The number of hydrogen-bond acceptors (Lipinski definition) is 3. The maximum absolute atomic E-state index is 12.6. The first-order valence-electron chi connectivity index (χ1n) is 10.3. The molecule has 3 rings (SSSR count). The van der Waals surface area contributed by atoms with Crippen molar-refractivity contribution < 1.29 is 14.1 Å². The molecule has 0 aromatic heterocycles. The molecule has 0 bridgehead atoms. The van der Waals surface area contributed by atoms with Gasteiger partial charge < -0.3 is 14.6 Å². The van der Waals surface area contributed by atoms with Crippen LogP contribution in [-0.2, 0) is 21.2 Å². The fourth-order valence-electron chi connectivity index (χ4n) is 3.85. The van der Waals surface area contributed by atoms with Gasteiger partial charge in [0.05, 0.1) is 5.41 Å². The van der Waals surface area contributed by atoms with Crippen LogP contribution in [-0.4, -0.2) is 24.6 Å². The molecule has 0 saturated heterocycles. The van der Waals surface area contributed by atoms with Gasteiger partial charge in [-0.15, -0.1) is 0 Å². The monoisotopic (exact) mass is 413 g/mol. The van der Waals surface area contributed by atoms with Crippen LogP contribution in [0.4, 0.5) is 5.69 Å². The molecule has 0 unspecified atom stereocenters. The Kier molecular flexibility index (Phi) is 5.96. The lowest BCUT2D eigenvalue weighted by atomic mass is 9.84. The highest BCUT2D eigenvalue weighted by molar-refractivity contribution is 7.63. The number of nitrogens with one attached hydrogen (secondary N) is 1. The SMILES string of the molecule is CCP(=O)(CC)COc1cc(C)c(Cc2ccc3c(c2)C(C)(C)C(=O)N3)c(C)c1. The second-order valence-corrected chi connectivity index (χ2v) is 12.3. The highest BCUT2D eigenvalue weighted by Crippen LogP contribution is 2.44. The molecule has 0 aliphatic carbocycles. The Balaban J connectivity index is 1.82. The molecule has 1 amide bonds. The maximum Gasteiger partial charge on any atom is 0.234 e. The zero-order valence-electron chi connectivity index (χ0n) is 18.4. The number of benzene rings is 2. The lowest BCUT2D eigenvalue weighted by Gasteiger charge is -2.18. The fraction of sp³-hybridized carbons (Fsp3) is 0.458. The summed E-state index contributed by atoms with van der Waals surface area (Å²) in [4.78, 5) is 12.2. The number of ether oxygens (including phenoxy) is 1. The summed E-state index contributed by atoms with van der Waals surface area (Å²) >= 11 is 0. The van der Waals surface area contributed by atoms with Crippen molar-refractivity contribution in [3.8, 4) is 5.75 Å². The molecule has 29 heavy (non-hydrogen) atoms. The largest absolute Gasteiger partial charge is 0.486 e. The fourth-order valence-corrected chi connectivity index (χ4v) is 5.04. The molecule has 0 radical (unpaired) electrons. The van der Waals surface area contributed by atoms with E-state index in [-0.39, 0.29) is 5.91 Å². The average molecular weight is 413 g/mol. The van der Waals surface area contributed by atoms with E-state index in [1.165, 1.54) is 11.1 Å². The lowest BCUT2D eigenvalue weighted by molar-refractivity contribution is -0.119. The van der Waals surface area contributed by atoms with Crippen LogP contribution in [0.5, 0.6) is 5.75 Å². The Morgan fingerprint density at radius 1 is 1.03 bits per heavy atom. The number of anilines is 1. The van der Waals surface area contributed by atoms with E-state index in [0.717, 1.165) is 34.5 Å². The number of carbonyl (C=O) groups excluding carboxylic acids is 1. The first-order valence-corrected chi connectivity index (χ1v) is 12.6. The number of fused-ring (bicyclic) bond motifs is 1. The summed E-state index contributed by atoms with van der Waals surface area (Å²) in [7, 11) is -2.22. The number of carbonyl (C=O) groups is 1. The first kappa shape index (κ1) is 21.6. The Morgan fingerprint density at radius 2 is 1.66 bits per heavy atom. The first-order chi connectivity index (χ1) is 13.6. The van der Waals surface area contributed by atoms with Gasteiger partial charge in [-0.2, -0.15) is 0 Å². The van der Waals surface area contributed by atoms with E-state index < -0.39 is 12.6 Å². The van der Waals surface area contributed by atoms with Gasteiger partial charge in [-0.3, -0.25) is 4.79 Å². The number of aryl methyl sites for hydroxylation is 2. The normalized spacial score (nSPS) is 15.2. The van der Waals surface area contributed by atoms with Crippen molar-refractivity contribution in [1.82, 2.24) is 0 Å². The maximum atomic E-state index is 12.6. The predicted octanol–water partition coefficient (Wildman–Crippen LogP) is 5.86. The summed E-state index contributed by atoms with van der Waals surface area (Å²) < 4.78 is 18.5. The molecule has 2 aromatic rings. The summed E-state index contributed by atoms with van der Waals surface area (Å²) in [6.07, 6.45) is 2.45. The Labute approximate surface area is 174 Å². The van der Waals surface area contributed by atoms with Crippen molar-refractivity contribution in [2.75, 3.05) is 24.0 Å². The summed E-state index contributed by atoms with van der Waals surface area (Å²) in [5.41, 5.74) is 6.26. The highest BCUT2D eigenvalue weighted by Gasteiger charge is 2.38. The van der Waals surface area contributed by atoms with Crippen LogP contribution < -0.4 is 10.1 Å². The van der Waals surface area contributed by atoms with Crippen LogP contribution in [0.3, 0.4) is 0 Å². The van der Waals surface area contributed by atoms with Crippen molar-refractivity contribution in [3.63, 3.8) is 0 Å². The molecule has 0 saturated carbocycles. The zero-order chi connectivity index (χ0) is 21.4. The molecule has 1 aliphatic rings. The molecule has 0 spiro atoms. The minimum Gasteiger partial charge on any atom is -0.486 e. The van der Waals surface area contributed by atoms with Gasteiger partial charge in [0.15, 0.2) is 0 Å². The van der Waals surface area contributed by atoms with E-state index in [2.05, 4.69) is 31.3 Å². The van der Waals surface area contributed by atoms with Crippen molar-refractivity contribution in [2.24, 2.45) is 0 Å². The Hall–Kier alpha value is -2.06. The molecule has 156 valence electrons. The summed E-state index contributed by atoms with van der Waals surface area (Å²) in [6, 6.07) is 10.3. The van der Waals surface area contributed by atoms with Gasteiger partial charge in [0.1, 0.15) is 19.2 Å². The van der Waals surface area contributed by atoms with Crippen LogP contribution in [0.2, 0.25) is 0 Å². The minimum absolute atomic E-state index is 0.0509. The van der Waals surface area contributed by atoms with Crippen LogP contribution in [0.25, 0.3) is 0 Å². The van der Waals surface area contributed by atoms with E-state index in [1.54, 1.807) is 0 Å². The van der Waals surface area contributed by atoms with E-state index in [9.17, 15) is 9.36 Å². The third-order valence-electron chi connectivity index (χ3n) is 6.24.